The van der Waals surface area contributed by atoms with Gasteiger partial charge in [0.2, 0.25) is 10.0 Å². The molecule has 1 heterocycles. The molecule has 20 heavy (non-hydrogen) atoms. The fourth-order valence-corrected chi connectivity index (χ4v) is 4.06. The molecule has 1 aromatic heterocycles. The molecule has 0 aliphatic rings. The predicted molar refractivity (Wildman–Crippen MR) is 80.5 cm³/mol. The van der Waals surface area contributed by atoms with Crippen molar-refractivity contribution in [2.24, 2.45) is 7.05 Å². The number of nitrogens with zero attached hydrogens (tertiary/aromatic N) is 3. The summed E-state index contributed by atoms with van der Waals surface area (Å²) in [6.45, 7) is 9.83. The average molecular weight is 323 g/mol. The maximum Gasteiger partial charge on any atom is 0.245 e. The van der Waals surface area contributed by atoms with Crippen LogP contribution in [0.1, 0.15) is 26.5 Å². The minimum atomic E-state index is -3.64. The van der Waals surface area contributed by atoms with E-state index in [0.29, 0.717) is 12.2 Å². The molecule has 0 aliphatic carbocycles. The van der Waals surface area contributed by atoms with Gasteiger partial charge in [-0.3, -0.25) is 9.58 Å². The van der Waals surface area contributed by atoms with Gasteiger partial charge in [0.25, 0.3) is 0 Å². The van der Waals surface area contributed by atoms with Crippen molar-refractivity contribution in [1.82, 2.24) is 19.4 Å². The Morgan fingerprint density at radius 1 is 1.40 bits per heavy atom. The van der Waals surface area contributed by atoms with Crippen molar-refractivity contribution in [3.05, 3.63) is 10.8 Å². The molecular weight excluding hydrogens is 300 g/mol. The number of hydrogen-bond donors (Lipinski definition) is 1. The van der Waals surface area contributed by atoms with Crippen LogP contribution in [0.25, 0.3) is 0 Å². The normalized spacial score (nSPS) is 13.9. The molecule has 116 valence electrons. The highest BCUT2D eigenvalue weighted by molar-refractivity contribution is 7.89. The van der Waals surface area contributed by atoms with Crippen LogP contribution in [0.2, 0.25) is 5.15 Å². The summed E-state index contributed by atoms with van der Waals surface area (Å²) in [5.74, 6) is 0. The number of rotatable bonds is 7. The molecular formula is C12H23ClN4O2S. The van der Waals surface area contributed by atoms with E-state index in [1.54, 1.807) is 14.0 Å². The molecule has 0 radical (unpaired) electrons. The molecule has 0 aliphatic heterocycles. The molecule has 0 aromatic carbocycles. The van der Waals surface area contributed by atoms with Crippen LogP contribution in [0.15, 0.2) is 4.90 Å². The molecule has 0 spiro atoms. The maximum absolute atomic E-state index is 12.3. The van der Waals surface area contributed by atoms with Crippen LogP contribution >= 0.6 is 11.6 Å². The second-order valence-corrected chi connectivity index (χ2v) is 6.81. The van der Waals surface area contributed by atoms with Crippen molar-refractivity contribution < 1.29 is 8.42 Å². The summed E-state index contributed by atoms with van der Waals surface area (Å²) < 4.78 is 28.6. The summed E-state index contributed by atoms with van der Waals surface area (Å²) in [7, 11) is -2.02. The Morgan fingerprint density at radius 3 is 2.35 bits per heavy atom. The summed E-state index contributed by atoms with van der Waals surface area (Å²) in [4.78, 5) is 2.24. The van der Waals surface area contributed by atoms with Crippen LogP contribution in [0.3, 0.4) is 0 Å². The van der Waals surface area contributed by atoms with Crippen molar-refractivity contribution in [2.75, 3.05) is 19.6 Å². The van der Waals surface area contributed by atoms with Gasteiger partial charge in [0.05, 0.1) is 5.69 Å². The minimum Gasteiger partial charge on any atom is -0.300 e. The second-order valence-electron chi connectivity index (χ2n) is 4.75. The number of sulfonamides is 1. The van der Waals surface area contributed by atoms with Gasteiger partial charge in [0.1, 0.15) is 10.0 Å². The monoisotopic (exact) mass is 322 g/mol. The number of aryl methyl sites for hydroxylation is 2. The fraction of sp³-hybridized carbons (Fsp3) is 0.750. The number of aromatic nitrogens is 2. The van der Waals surface area contributed by atoms with Gasteiger partial charge in [0, 0.05) is 19.6 Å². The summed E-state index contributed by atoms with van der Waals surface area (Å²) in [6.07, 6.45) is 0. The lowest BCUT2D eigenvalue weighted by molar-refractivity contribution is 0.232. The summed E-state index contributed by atoms with van der Waals surface area (Å²) in [5, 5.41) is 4.16. The van der Waals surface area contributed by atoms with Crippen LogP contribution in [0.5, 0.6) is 0 Å². The Kier molecular flexibility index (Phi) is 6.00. The lowest BCUT2D eigenvalue weighted by Crippen LogP contribution is -2.42. The van der Waals surface area contributed by atoms with Crippen molar-refractivity contribution in [3.63, 3.8) is 0 Å². The summed E-state index contributed by atoms with van der Waals surface area (Å²) >= 11 is 6.00. The molecule has 0 fully saturated rings. The van der Waals surface area contributed by atoms with Crippen molar-refractivity contribution in [1.29, 1.82) is 0 Å². The summed E-state index contributed by atoms with van der Waals surface area (Å²) in [6, 6.07) is 0.121. The van der Waals surface area contributed by atoms with E-state index in [-0.39, 0.29) is 16.1 Å². The van der Waals surface area contributed by atoms with Gasteiger partial charge in [-0.15, -0.1) is 0 Å². The van der Waals surface area contributed by atoms with Crippen LogP contribution in [0.4, 0.5) is 0 Å². The molecule has 0 bridgehead atoms. The molecule has 0 amide bonds. The summed E-state index contributed by atoms with van der Waals surface area (Å²) in [5.41, 5.74) is 0.403. The zero-order valence-corrected chi connectivity index (χ0v) is 14.2. The maximum atomic E-state index is 12.3. The van der Waals surface area contributed by atoms with Gasteiger partial charge >= 0.3 is 0 Å². The highest BCUT2D eigenvalue weighted by atomic mass is 35.5. The van der Waals surface area contributed by atoms with Gasteiger partial charge in [-0.25, -0.2) is 13.1 Å². The molecule has 0 unspecified atom stereocenters. The van der Waals surface area contributed by atoms with E-state index in [1.807, 2.05) is 6.92 Å². The largest absolute Gasteiger partial charge is 0.300 e. The first-order valence-electron chi connectivity index (χ1n) is 6.67. The smallest absolute Gasteiger partial charge is 0.245 e. The Hall–Kier alpha value is -0.630. The Balaban J connectivity index is 2.86. The number of hydrogen-bond acceptors (Lipinski definition) is 4. The third-order valence-corrected chi connectivity index (χ3v) is 5.49. The first-order valence-corrected chi connectivity index (χ1v) is 8.53. The van der Waals surface area contributed by atoms with Crippen molar-refractivity contribution in [3.8, 4) is 0 Å². The van der Waals surface area contributed by atoms with Crippen LogP contribution in [-0.4, -0.2) is 48.8 Å². The van der Waals surface area contributed by atoms with Crippen LogP contribution in [0, 0.1) is 6.92 Å². The molecule has 0 saturated carbocycles. The lowest BCUT2D eigenvalue weighted by atomic mass is 10.3. The third kappa shape index (κ3) is 3.72. The van der Waals surface area contributed by atoms with Crippen LogP contribution in [-0.2, 0) is 17.1 Å². The lowest BCUT2D eigenvalue weighted by Gasteiger charge is -2.26. The third-order valence-electron chi connectivity index (χ3n) is 3.37. The number of nitrogens with one attached hydrogen (secondary N) is 1. The molecule has 1 atom stereocenters. The molecule has 6 nitrogen and oxygen atoms in total. The topological polar surface area (TPSA) is 67.2 Å². The van der Waals surface area contributed by atoms with E-state index >= 15 is 0 Å². The van der Waals surface area contributed by atoms with Gasteiger partial charge in [-0.2, -0.15) is 5.10 Å². The second kappa shape index (κ2) is 6.89. The zero-order valence-electron chi connectivity index (χ0n) is 12.6. The van der Waals surface area contributed by atoms with Crippen LogP contribution < -0.4 is 4.72 Å². The molecule has 0 saturated heterocycles. The van der Waals surface area contributed by atoms with Crippen molar-refractivity contribution in [2.45, 2.75) is 38.6 Å². The van der Waals surface area contributed by atoms with Gasteiger partial charge in [-0.05, 0) is 26.9 Å². The zero-order chi connectivity index (χ0) is 15.5. The highest BCUT2D eigenvalue weighted by Gasteiger charge is 2.25. The molecule has 8 heteroatoms. The van der Waals surface area contributed by atoms with E-state index < -0.39 is 10.0 Å². The van der Waals surface area contributed by atoms with E-state index in [2.05, 4.69) is 28.6 Å². The Labute approximate surface area is 126 Å². The SMILES string of the molecule is CCN(CC)[C@@H](C)CNS(=O)(=O)c1c(C)nn(C)c1Cl. The quantitative estimate of drug-likeness (QED) is 0.824. The van der Waals surface area contributed by atoms with Gasteiger partial charge in [-0.1, -0.05) is 25.4 Å². The van der Waals surface area contributed by atoms with Gasteiger partial charge in [0.15, 0.2) is 0 Å². The Morgan fingerprint density at radius 2 is 1.95 bits per heavy atom. The van der Waals surface area contributed by atoms with E-state index in [4.69, 9.17) is 11.6 Å². The number of halogens is 1. The average Bonchev–Trinajstić information content (AvgIpc) is 2.63. The molecule has 1 rings (SSSR count). The van der Waals surface area contributed by atoms with Crippen molar-refractivity contribution >= 4 is 21.6 Å². The molecule has 1 N–H and O–H groups in total. The fourth-order valence-electron chi connectivity index (χ4n) is 2.19. The predicted octanol–water partition coefficient (Wildman–Crippen LogP) is 1.39. The first kappa shape index (κ1) is 17.4. The van der Waals surface area contributed by atoms with E-state index in [9.17, 15) is 8.42 Å². The Bertz CT molecular complexity index is 552. The minimum absolute atomic E-state index is 0.0633. The molecule has 1 aromatic rings. The van der Waals surface area contributed by atoms with E-state index in [0.717, 1.165) is 13.1 Å². The van der Waals surface area contributed by atoms with Gasteiger partial charge < -0.3 is 0 Å². The highest BCUT2D eigenvalue weighted by Crippen LogP contribution is 2.23. The van der Waals surface area contributed by atoms with E-state index in [1.165, 1.54) is 4.68 Å². The first-order chi connectivity index (χ1) is 9.24. The standard InChI is InChI=1S/C12H23ClN4O2S/c1-6-17(7-2)9(3)8-14-20(18,19)11-10(4)15-16(5)12(11)13/h9,14H,6-8H2,1-5H3/t9-/m0/s1. The number of likely N-dealkylation sites (N-methyl/N-ethyl adjacent to an activating group) is 1.